The predicted octanol–water partition coefficient (Wildman–Crippen LogP) is 3.32. The number of benzene rings is 2. The van der Waals surface area contributed by atoms with E-state index in [1.165, 1.54) is 12.1 Å². The molecule has 3 aromatic rings. The van der Waals surface area contributed by atoms with E-state index < -0.39 is 5.82 Å². The van der Waals surface area contributed by atoms with Gasteiger partial charge < -0.3 is 15.8 Å². The van der Waals surface area contributed by atoms with Gasteiger partial charge >= 0.3 is 0 Å². The molecule has 1 heterocycles. The van der Waals surface area contributed by atoms with Crippen LogP contribution in [0.4, 0.5) is 10.2 Å². The maximum atomic E-state index is 14.2. The third-order valence-corrected chi connectivity index (χ3v) is 4.93. The molecule has 3 N–H and O–H groups in total. The van der Waals surface area contributed by atoms with Crippen molar-refractivity contribution in [3.05, 3.63) is 59.9 Å². The Morgan fingerprint density at radius 2 is 2.04 bits per heavy atom. The van der Waals surface area contributed by atoms with Gasteiger partial charge in [0, 0.05) is 24.2 Å². The van der Waals surface area contributed by atoms with E-state index in [9.17, 15) is 4.39 Å². The van der Waals surface area contributed by atoms with Gasteiger partial charge in [-0.3, -0.25) is 0 Å². The van der Waals surface area contributed by atoms with Crippen LogP contribution in [0, 0.1) is 23.1 Å². The minimum atomic E-state index is -0.555. The van der Waals surface area contributed by atoms with Gasteiger partial charge in [0.2, 0.25) is 0 Å². The van der Waals surface area contributed by atoms with Gasteiger partial charge in [0.25, 0.3) is 0 Å². The molecule has 4 rings (SSSR count). The molecule has 1 saturated carbocycles. The zero-order valence-corrected chi connectivity index (χ0v) is 15.4. The summed E-state index contributed by atoms with van der Waals surface area (Å²) in [6.07, 6.45) is 1.01. The third-order valence-electron chi connectivity index (χ3n) is 4.93. The maximum Gasteiger partial charge on any atom is 0.149 e. The summed E-state index contributed by atoms with van der Waals surface area (Å²) in [6.45, 7) is 0.752. The average Bonchev–Trinajstić information content (AvgIpc) is 3.26. The van der Waals surface area contributed by atoms with E-state index in [1.807, 2.05) is 36.4 Å². The van der Waals surface area contributed by atoms with E-state index in [2.05, 4.69) is 10.4 Å². The molecule has 1 unspecified atom stereocenters. The van der Waals surface area contributed by atoms with Crippen LogP contribution in [0.15, 0.2) is 48.5 Å². The molecular formula is C21H20FN5O. The number of nitrogens with two attached hydrogens (primary N) is 1. The quantitative estimate of drug-likeness (QED) is 0.688. The summed E-state index contributed by atoms with van der Waals surface area (Å²) < 4.78 is 21.1. The zero-order chi connectivity index (χ0) is 19.7. The van der Waals surface area contributed by atoms with Crippen LogP contribution >= 0.6 is 0 Å². The topological polar surface area (TPSA) is 88.9 Å². The fraction of sp³-hybridized carbons (Fsp3) is 0.238. The first-order valence-corrected chi connectivity index (χ1v) is 9.03. The van der Waals surface area contributed by atoms with Gasteiger partial charge in [-0.1, -0.05) is 6.07 Å². The Hall–Kier alpha value is -3.37. The van der Waals surface area contributed by atoms with E-state index in [4.69, 9.17) is 15.7 Å². The number of halogens is 1. The standard InChI is InChI=1S/C21H20FN5O/c1-28-17-6-4-16(5-7-17)27-20(13-2-3-14(11-23)18(22)8-13)10-21(26-27)25-12-15-9-19(15)24/h2-8,10,15,19H,9,12,24H2,1H3,(H,25,26)/t15?,19-/m1/s1. The molecule has 2 aromatic carbocycles. The summed E-state index contributed by atoms with van der Waals surface area (Å²) in [5.41, 5.74) is 8.06. The molecule has 0 bridgehead atoms. The lowest BCUT2D eigenvalue weighted by molar-refractivity contribution is 0.414. The number of nitrogens with zero attached hydrogens (tertiary/aromatic N) is 3. The maximum absolute atomic E-state index is 14.2. The molecule has 0 radical (unpaired) electrons. The number of anilines is 1. The number of nitriles is 1. The van der Waals surface area contributed by atoms with Crippen LogP contribution in [0.25, 0.3) is 16.9 Å². The summed E-state index contributed by atoms with van der Waals surface area (Å²) in [6, 6.07) is 16.0. The lowest BCUT2D eigenvalue weighted by atomic mass is 10.1. The van der Waals surface area contributed by atoms with Gasteiger partial charge in [-0.15, -0.1) is 5.10 Å². The normalized spacial score (nSPS) is 17.8. The lowest BCUT2D eigenvalue weighted by Gasteiger charge is -2.09. The van der Waals surface area contributed by atoms with E-state index in [0.29, 0.717) is 17.3 Å². The second kappa shape index (κ2) is 7.33. The first-order chi connectivity index (χ1) is 13.6. The van der Waals surface area contributed by atoms with E-state index in [1.54, 1.807) is 17.9 Å². The first-order valence-electron chi connectivity index (χ1n) is 9.03. The average molecular weight is 377 g/mol. The Morgan fingerprint density at radius 3 is 2.64 bits per heavy atom. The Morgan fingerprint density at radius 1 is 1.29 bits per heavy atom. The number of methoxy groups -OCH3 is 1. The van der Waals surface area contributed by atoms with E-state index >= 15 is 0 Å². The van der Waals surface area contributed by atoms with Gasteiger partial charge in [0.15, 0.2) is 0 Å². The molecule has 1 aliphatic rings. The number of hydrogen-bond acceptors (Lipinski definition) is 5. The first kappa shape index (κ1) is 18.0. The molecule has 0 spiro atoms. The molecule has 28 heavy (non-hydrogen) atoms. The molecule has 142 valence electrons. The van der Waals surface area contributed by atoms with Gasteiger partial charge in [0.05, 0.1) is 24.1 Å². The fourth-order valence-corrected chi connectivity index (χ4v) is 3.10. The van der Waals surface area contributed by atoms with Crippen LogP contribution in [0.5, 0.6) is 5.75 Å². The highest BCUT2D eigenvalue weighted by Gasteiger charge is 2.33. The zero-order valence-electron chi connectivity index (χ0n) is 15.4. The molecule has 0 amide bonds. The smallest absolute Gasteiger partial charge is 0.149 e. The van der Waals surface area contributed by atoms with Crippen molar-refractivity contribution in [2.24, 2.45) is 11.7 Å². The summed E-state index contributed by atoms with van der Waals surface area (Å²) >= 11 is 0. The Bertz CT molecular complexity index is 1040. The van der Waals surface area contributed by atoms with Crippen LogP contribution in [-0.2, 0) is 0 Å². The molecule has 2 atom stereocenters. The van der Waals surface area contributed by atoms with Crippen molar-refractivity contribution in [3.8, 4) is 28.8 Å². The number of ether oxygens (including phenoxy) is 1. The summed E-state index contributed by atoms with van der Waals surface area (Å²) in [5, 5.41) is 16.9. The lowest BCUT2D eigenvalue weighted by Crippen LogP contribution is -2.11. The number of hydrogen-bond donors (Lipinski definition) is 2. The Labute approximate surface area is 162 Å². The fourth-order valence-electron chi connectivity index (χ4n) is 3.10. The number of aromatic nitrogens is 2. The predicted molar refractivity (Wildman–Crippen MR) is 105 cm³/mol. The van der Waals surface area contributed by atoms with Crippen molar-refractivity contribution in [3.63, 3.8) is 0 Å². The molecule has 6 nitrogen and oxygen atoms in total. The number of rotatable bonds is 6. The minimum Gasteiger partial charge on any atom is -0.497 e. The Kier molecular flexibility index (Phi) is 4.72. The van der Waals surface area contributed by atoms with Crippen molar-refractivity contribution >= 4 is 5.82 Å². The Balaban J connectivity index is 1.72. The molecule has 1 aliphatic carbocycles. The minimum absolute atomic E-state index is 0.0142. The van der Waals surface area contributed by atoms with E-state index in [0.717, 1.165) is 30.1 Å². The highest BCUT2D eigenvalue weighted by molar-refractivity contribution is 5.67. The molecular weight excluding hydrogens is 357 g/mol. The van der Waals surface area contributed by atoms with E-state index in [-0.39, 0.29) is 11.6 Å². The van der Waals surface area contributed by atoms with Crippen molar-refractivity contribution in [1.82, 2.24) is 9.78 Å². The molecule has 7 heteroatoms. The van der Waals surface area contributed by atoms with Gasteiger partial charge in [-0.05, 0) is 48.7 Å². The van der Waals surface area contributed by atoms with Crippen LogP contribution in [-0.4, -0.2) is 29.5 Å². The second-order valence-electron chi connectivity index (χ2n) is 6.87. The van der Waals surface area contributed by atoms with Crippen LogP contribution in [0.3, 0.4) is 0 Å². The van der Waals surface area contributed by atoms with Crippen LogP contribution in [0.1, 0.15) is 12.0 Å². The highest BCUT2D eigenvalue weighted by atomic mass is 19.1. The number of nitrogens with one attached hydrogen (secondary N) is 1. The van der Waals surface area contributed by atoms with Gasteiger partial charge in [-0.25, -0.2) is 9.07 Å². The third kappa shape index (κ3) is 3.55. The van der Waals surface area contributed by atoms with Crippen LogP contribution in [0.2, 0.25) is 0 Å². The van der Waals surface area contributed by atoms with Crippen molar-refractivity contribution in [1.29, 1.82) is 5.26 Å². The van der Waals surface area contributed by atoms with Gasteiger partial charge in [0.1, 0.15) is 23.5 Å². The molecule has 1 fully saturated rings. The second-order valence-corrected chi connectivity index (χ2v) is 6.87. The van der Waals surface area contributed by atoms with Gasteiger partial charge in [-0.2, -0.15) is 5.26 Å². The monoisotopic (exact) mass is 377 g/mol. The molecule has 0 aliphatic heterocycles. The largest absolute Gasteiger partial charge is 0.497 e. The van der Waals surface area contributed by atoms with Crippen LogP contribution < -0.4 is 15.8 Å². The highest BCUT2D eigenvalue weighted by Crippen LogP contribution is 2.30. The molecule has 1 aromatic heterocycles. The summed E-state index contributed by atoms with van der Waals surface area (Å²) in [4.78, 5) is 0. The molecule has 0 saturated heterocycles. The SMILES string of the molecule is COc1ccc(-n2nc(NCC3C[C@H]3N)cc2-c2ccc(C#N)c(F)c2)cc1. The van der Waals surface area contributed by atoms with Crippen molar-refractivity contribution in [2.45, 2.75) is 12.5 Å². The van der Waals surface area contributed by atoms with Crippen molar-refractivity contribution in [2.75, 3.05) is 19.0 Å². The summed E-state index contributed by atoms with van der Waals surface area (Å²) in [7, 11) is 1.61. The van der Waals surface area contributed by atoms with Crippen molar-refractivity contribution < 1.29 is 9.13 Å². The summed E-state index contributed by atoms with van der Waals surface area (Å²) in [5.74, 6) is 1.33.